The molecule has 2 aromatic rings. The van der Waals surface area contributed by atoms with Gasteiger partial charge in [0.15, 0.2) is 0 Å². The third-order valence-electron chi connectivity index (χ3n) is 5.37. The molecule has 1 amide bonds. The van der Waals surface area contributed by atoms with Crippen molar-refractivity contribution < 1.29 is 9.53 Å². The van der Waals surface area contributed by atoms with Crippen LogP contribution < -0.4 is 4.90 Å². The van der Waals surface area contributed by atoms with E-state index < -0.39 is 5.60 Å². The maximum Gasteiger partial charge on any atom is 0.410 e. The van der Waals surface area contributed by atoms with Crippen molar-refractivity contribution in [1.82, 2.24) is 4.90 Å². The van der Waals surface area contributed by atoms with Crippen molar-refractivity contribution in [1.29, 1.82) is 0 Å². The molecule has 1 aliphatic rings. The fraction of sp³-hybridized carbons (Fsp3) is 0.458. The number of rotatable bonds is 3. The van der Waals surface area contributed by atoms with Gasteiger partial charge in [-0.15, -0.1) is 0 Å². The Morgan fingerprint density at radius 3 is 2.21 bits per heavy atom. The second-order valence-corrected chi connectivity index (χ2v) is 9.74. The molecule has 29 heavy (non-hydrogen) atoms. The van der Waals surface area contributed by atoms with Gasteiger partial charge in [0.05, 0.1) is 5.69 Å². The van der Waals surface area contributed by atoms with E-state index in [0.717, 1.165) is 13.1 Å². The molecule has 0 bridgehead atoms. The van der Waals surface area contributed by atoms with Crippen LogP contribution in [-0.2, 0) is 4.74 Å². The molecule has 0 radical (unpaired) electrons. The SMILES string of the molecule is Cc1ccc(Sc2ccccc2N2CCN(C(=O)OC(C)(C)C)CC2)c(C)c1C. The van der Waals surface area contributed by atoms with Gasteiger partial charge >= 0.3 is 6.09 Å². The number of aryl methyl sites for hydroxylation is 1. The van der Waals surface area contributed by atoms with Gasteiger partial charge in [-0.25, -0.2) is 4.79 Å². The summed E-state index contributed by atoms with van der Waals surface area (Å²) < 4.78 is 5.52. The number of hydrogen-bond donors (Lipinski definition) is 0. The van der Waals surface area contributed by atoms with Crippen LogP contribution in [0.2, 0.25) is 0 Å². The summed E-state index contributed by atoms with van der Waals surface area (Å²) in [5, 5.41) is 0. The number of anilines is 1. The van der Waals surface area contributed by atoms with Gasteiger partial charge in [0.25, 0.3) is 0 Å². The zero-order valence-corrected chi connectivity index (χ0v) is 19.2. The molecule has 0 aliphatic carbocycles. The van der Waals surface area contributed by atoms with Crippen LogP contribution >= 0.6 is 11.8 Å². The van der Waals surface area contributed by atoms with Crippen molar-refractivity contribution in [2.75, 3.05) is 31.1 Å². The molecular formula is C24H32N2O2S. The Morgan fingerprint density at radius 1 is 0.897 bits per heavy atom. The molecule has 0 N–H and O–H groups in total. The average Bonchev–Trinajstić information content (AvgIpc) is 2.68. The van der Waals surface area contributed by atoms with Gasteiger partial charge < -0.3 is 14.5 Å². The van der Waals surface area contributed by atoms with Crippen LogP contribution in [0, 0.1) is 20.8 Å². The minimum Gasteiger partial charge on any atom is -0.444 e. The number of carbonyl (C=O) groups excluding carboxylic acids is 1. The van der Waals surface area contributed by atoms with E-state index in [-0.39, 0.29) is 6.09 Å². The lowest BCUT2D eigenvalue weighted by molar-refractivity contribution is 0.0240. The zero-order valence-electron chi connectivity index (χ0n) is 18.4. The second kappa shape index (κ2) is 8.70. The van der Waals surface area contributed by atoms with Gasteiger partial charge in [0.2, 0.25) is 0 Å². The van der Waals surface area contributed by atoms with Crippen molar-refractivity contribution in [3.8, 4) is 0 Å². The maximum absolute atomic E-state index is 12.3. The molecule has 3 rings (SSSR count). The Morgan fingerprint density at radius 2 is 1.55 bits per heavy atom. The highest BCUT2D eigenvalue weighted by Crippen LogP contribution is 2.38. The molecule has 0 atom stereocenters. The summed E-state index contributed by atoms with van der Waals surface area (Å²) in [5.41, 5.74) is 4.82. The molecule has 0 saturated carbocycles. The monoisotopic (exact) mass is 412 g/mol. The summed E-state index contributed by atoms with van der Waals surface area (Å²) in [6.45, 7) is 15.2. The number of nitrogens with zero attached hydrogens (tertiary/aromatic N) is 2. The lowest BCUT2D eigenvalue weighted by Gasteiger charge is -2.37. The van der Waals surface area contributed by atoms with Gasteiger partial charge in [0, 0.05) is 36.0 Å². The minimum atomic E-state index is -0.457. The summed E-state index contributed by atoms with van der Waals surface area (Å²) in [4.78, 5) is 19.1. The Kier molecular flexibility index (Phi) is 6.47. The van der Waals surface area contributed by atoms with E-state index in [0.29, 0.717) is 13.1 Å². The average molecular weight is 413 g/mol. The first-order valence-corrected chi connectivity index (χ1v) is 11.0. The van der Waals surface area contributed by atoms with E-state index in [1.807, 2.05) is 37.4 Å². The first kappa shape index (κ1) is 21.6. The summed E-state index contributed by atoms with van der Waals surface area (Å²) in [6, 6.07) is 13.0. The van der Waals surface area contributed by atoms with Crippen molar-refractivity contribution in [2.24, 2.45) is 0 Å². The summed E-state index contributed by atoms with van der Waals surface area (Å²) in [7, 11) is 0. The predicted octanol–water partition coefficient (Wildman–Crippen LogP) is 5.82. The standard InChI is InChI=1S/C24H32N2O2S/c1-17-11-12-21(19(3)18(17)2)29-22-10-8-7-9-20(22)25-13-15-26(16-14-25)23(27)28-24(4,5)6/h7-12H,13-16H2,1-6H3. The molecule has 0 unspecified atom stereocenters. The first-order chi connectivity index (χ1) is 13.7. The molecule has 1 saturated heterocycles. The van der Waals surface area contributed by atoms with E-state index in [1.54, 1.807) is 0 Å². The molecule has 156 valence electrons. The molecule has 5 heteroatoms. The van der Waals surface area contributed by atoms with Crippen LogP contribution in [0.4, 0.5) is 10.5 Å². The quantitative estimate of drug-likeness (QED) is 0.636. The predicted molar refractivity (Wildman–Crippen MR) is 121 cm³/mol. The van der Waals surface area contributed by atoms with Crippen LogP contribution in [-0.4, -0.2) is 42.8 Å². The Labute approximate surface area is 179 Å². The van der Waals surface area contributed by atoms with E-state index >= 15 is 0 Å². The molecule has 2 aromatic carbocycles. The highest BCUT2D eigenvalue weighted by Gasteiger charge is 2.26. The summed E-state index contributed by atoms with van der Waals surface area (Å²) in [5.74, 6) is 0. The molecule has 0 aromatic heterocycles. The molecule has 1 heterocycles. The Bertz CT molecular complexity index is 881. The number of ether oxygens (including phenoxy) is 1. The van der Waals surface area contributed by atoms with Crippen molar-refractivity contribution in [3.63, 3.8) is 0 Å². The largest absolute Gasteiger partial charge is 0.444 e. The van der Waals surface area contributed by atoms with Gasteiger partial charge in [-0.05, 0) is 76.4 Å². The van der Waals surface area contributed by atoms with Crippen LogP contribution in [0.15, 0.2) is 46.2 Å². The molecular weight excluding hydrogens is 380 g/mol. The summed E-state index contributed by atoms with van der Waals surface area (Å²) >= 11 is 1.83. The second-order valence-electron chi connectivity index (χ2n) is 8.65. The minimum absolute atomic E-state index is 0.217. The van der Waals surface area contributed by atoms with Gasteiger partial charge in [0.1, 0.15) is 5.60 Å². The van der Waals surface area contributed by atoms with E-state index in [2.05, 4.69) is 62.1 Å². The Hall–Kier alpha value is -2.14. The van der Waals surface area contributed by atoms with Crippen molar-refractivity contribution in [2.45, 2.75) is 56.9 Å². The number of amides is 1. The molecule has 4 nitrogen and oxygen atoms in total. The van der Waals surface area contributed by atoms with Crippen LogP contribution in [0.5, 0.6) is 0 Å². The van der Waals surface area contributed by atoms with Crippen LogP contribution in [0.1, 0.15) is 37.5 Å². The number of benzene rings is 2. The maximum atomic E-state index is 12.3. The summed E-state index contributed by atoms with van der Waals surface area (Å²) in [6.07, 6.45) is -0.217. The van der Waals surface area contributed by atoms with E-state index in [1.165, 1.54) is 32.2 Å². The highest BCUT2D eigenvalue weighted by molar-refractivity contribution is 7.99. The smallest absolute Gasteiger partial charge is 0.410 e. The number of hydrogen-bond acceptors (Lipinski definition) is 4. The molecule has 1 fully saturated rings. The van der Waals surface area contributed by atoms with Crippen molar-refractivity contribution in [3.05, 3.63) is 53.1 Å². The van der Waals surface area contributed by atoms with E-state index in [9.17, 15) is 4.79 Å². The fourth-order valence-electron chi connectivity index (χ4n) is 3.42. The Balaban J connectivity index is 1.72. The first-order valence-electron chi connectivity index (χ1n) is 10.2. The fourth-order valence-corrected chi connectivity index (χ4v) is 4.55. The topological polar surface area (TPSA) is 32.8 Å². The van der Waals surface area contributed by atoms with Gasteiger partial charge in [-0.3, -0.25) is 0 Å². The van der Waals surface area contributed by atoms with Gasteiger partial charge in [-0.2, -0.15) is 0 Å². The zero-order chi connectivity index (χ0) is 21.2. The number of carbonyl (C=O) groups is 1. The highest BCUT2D eigenvalue weighted by atomic mass is 32.2. The third-order valence-corrected chi connectivity index (χ3v) is 6.59. The third kappa shape index (κ3) is 5.27. The lowest BCUT2D eigenvalue weighted by atomic mass is 10.1. The van der Waals surface area contributed by atoms with Gasteiger partial charge in [-0.1, -0.05) is 30.0 Å². The lowest BCUT2D eigenvalue weighted by Crippen LogP contribution is -2.50. The normalized spacial score (nSPS) is 14.8. The van der Waals surface area contributed by atoms with Crippen molar-refractivity contribution >= 4 is 23.5 Å². The van der Waals surface area contributed by atoms with E-state index in [4.69, 9.17) is 4.74 Å². The number of para-hydroxylation sites is 1. The van der Waals surface area contributed by atoms with Crippen LogP contribution in [0.3, 0.4) is 0 Å². The van der Waals surface area contributed by atoms with Crippen LogP contribution in [0.25, 0.3) is 0 Å². The molecule has 1 aliphatic heterocycles. The number of piperazine rings is 1. The molecule has 0 spiro atoms.